The number of carbonyl (C=O) groups is 2. The van der Waals surface area contributed by atoms with Gasteiger partial charge in [0.25, 0.3) is 11.7 Å². The Bertz CT molecular complexity index is 1360. The molecule has 8 heteroatoms. The quantitative estimate of drug-likeness (QED) is 0.289. The van der Waals surface area contributed by atoms with Crippen LogP contribution in [-0.4, -0.2) is 42.6 Å². The second-order valence-corrected chi connectivity index (χ2v) is 8.70. The zero-order chi connectivity index (χ0) is 26.1. The van der Waals surface area contributed by atoms with E-state index in [1.807, 2.05) is 31.1 Å². The van der Waals surface area contributed by atoms with Crippen LogP contribution in [0.15, 0.2) is 66.2 Å². The highest BCUT2D eigenvalue weighted by Crippen LogP contribution is 2.44. The summed E-state index contributed by atoms with van der Waals surface area (Å²) >= 11 is 0. The fraction of sp³-hybridized carbons (Fsp3) is 0.214. The number of halogens is 1. The van der Waals surface area contributed by atoms with Gasteiger partial charge in [0.15, 0.2) is 11.5 Å². The minimum absolute atomic E-state index is 0.0953. The van der Waals surface area contributed by atoms with Gasteiger partial charge in [0, 0.05) is 31.0 Å². The van der Waals surface area contributed by atoms with Crippen molar-refractivity contribution in [3.05, 3.63) is 88.7 Å². The number of Topliss-reactive ketones (excluding diaryl/α,β-unsaturated/α-hetero) is 1. The van der Waals surface area contributed by atoms with Crippen molar-refractivity contribution < 1.29 is 28.9 Å². The summed E-state index contributed by atoms with van der Waals surface area (Å²) in [5.41, 5.74) is 2.16. The molecule has 0 spiro atoms. The van der Waals surface area contributed by atoms with Crippen LogP contribution in [0, 0.1) is 12.7 Å². The van der Waals surface area contributed by atoms with Gasteiger partial charge < -0.3 is 19.8 Å². The maximum Gasteiger partial charge on any atom is 0.300 e. The molecule has 0 bridgehead atoms. The van der Waals surface area contributed by atoms with E-state index in [1.165, 1.54) is 29.2 Å². The van der Waals surface area contributed by atoms with Crippen molar-refractivity contribution in [2.24, 2.45) is 0 Å². The summed E-state index contributed by atoms with van der Waals surface area (Å²) in [6.07, 6.45) is 0. The molecule has 1 amide bonds. The first-order valence-corrected chi connectivity index (χ1v) is 11.4. The highest BCUT2D eigenvalue weighted by Gasteiger charge is 2.47. The Balaban J connectivity index is 1.94. The minimum atomic E-state index is -1.01. The van der Waals surface area contributed by atoms with Crippen LogP contribution >= 0.6 is 0 Å². The van der Waals surface area contributed by atoms with Crippen LogP contribution in [0.25, 0.3) is 5.76 Å². The number of rotatable bonds is 6. The Hall–Kier alpha value is -4.33. The summed E-state index contributed by atoms with van der Waals surface area (Å²) in [6.45, 7) is 3.60. The normalized spacial score (nSPS) is 16.9. The van der Waals surface area contributed by atoms with Crippen LogP contribution in [0.4, 0.5) is 15.8 Å². The van der Waals surface area contributed by atoms with Crippen molar-refractivity contribution in [3.63, 3.8) is 0 Å². The molecule has 36 heavy (non-hydrogen) atoms. The number of phenols is 1. The zero-order valence-electron chi connectivity index (χ0n) is 20.4. The number of benzene rings is 3. The number of aryl methyl sites for hydroxylation is 1. The average Bonchev–Trinajstić information content (AvgIpc) is 3.12. The van der Waals surface area contributed by atoms with Gasteiger partial charge in [-0.05, 0) is 79.6 Å². The van der Waals surface area contributed by atoms with Gasteiger partial charge in [-0.15, -0.1) is 0 Å². The summed E-state index contributed by atoms with van der Waals surface area (Å²) < 4.78 is 19.4. The molecule has 1 heterocycles. The van der Waals surface area contributed by atoms with Crippen LogP contribution in [0.1, 0.15) is 29.7 Å². The highest BCUT2D eigenvalue weighted by atomic mass is 19.1. The topological polar surface area (TPSA) is 90.3 Å². The number of amides is 1. The number of ketones is 1. The Kier molecular flexibility index (Phi) is 6.70. The number of anilines is 2. The lowest BCUT2D eigenvalue weighted by molar-refractivity contribution is -0.132. The standard InChI is InChI=1S/C28H27FN2O5/c1-5-36-23-15-17(7-13-22(23)32)25-24(26(33)18-6-12-21(29)16(2)14-18)27(34)28(35)31(25)20-10-8-19(9-11-20)30(3)4/h6-15,25,32-33H,5H2,1-4H3/b26-24-. The summed E-state index contributed by atoms with van der Waals surface area (Å²) in [7, 11) is 3.77. The number of carbonyl (C=O) groups excluding carboxylic acids is 2. The molecular weight excluding hydrogens is 463 g/mol. The molecule has 3 aromatic rings. The van der Waals surface area contributed by atoms with Gasteiger partial charge in [0.1, 0.15) is 11.6 Å². The second kappa shape index (κ2) is 9.73. The predicted octanol–water partition coefficient (Wildman–Crippen LogP) is 4.93. The van der Waals surface area contributed by atoms with E-state index < -0.39 is 29.3 Å². The Morgan fingerprint density at radius 2 is 1.75 bits per heavy atom. The third kappa shape index (κ3) is 4.37. The lowest BCUT2D eigenvalue weighted by Gasteiger charge is -2.26. The molecule has 1 aliphatic heterocycles. The maximum atomic E-state index is 13.9. The summed E-state index contributed by atoms with van der Waals surface area (Å²) in [4.78, 5) is 29.9. The van der Waals surface area contributed by atoms with E-state index in [1.54, 1.807) is 38.1 Å². The number of nitrogens with zero attached hydrogens (tertiary/aromatic N) is 2. The molecule has 2 N–H and O–H groups in total. The lowest BCUT2D eigenvalue weighted by atomic mass is 9.94. The van der Waals surface area contributed by atoms with Crippen molar-refractivity contribution >= 4 is 28.8 Å². The molecule has 0 saturated carbocycles. The Morgan fingerprint density at radius 1 is 1.06 bits per heavy atom. The molecule has 1 unspecified atom stereocenters. The number of aliphatic hydroxyl groups excluding tert-OH is 1. The monoisotopic (exact) mass is 490 g/mol. The fourth-order valence-corrected chi connectivity index (χ4v) is 4.25. The number of phenolic OH excluding ortho intramolecular Hbond substituents is 1. The Labute approximate surface area is 208 Å². The van der Waals surface area contributed by atoms with Crippen LogP contribution in [-0.2, 0) is 9.59 Å². The summed E-state index contributed by atoms with van der Waals surface area (Å²) in [5, 5.41) is 21.4. The largest absolute Gasteiger partial charge is 0.507 e. The molecule has 7 nitrogen and oxygen atoms in total. The third-order valence-corrected chi connectivity index (χ3v) is 6.12. The van der Waals surface area contributed by atoms with Gasteiger partial charge in [0.2, 0.25) is 0 Å². The first-order chi connectivity index (χ1) is 17.1. The van der Waals surface area contributed by atoms with E-state index in [-0.39, 0.29) is 34.8 Å². The number of aliphatic hydroxyl groups is 1. The molecule has 0 aromatic heterocycles. The predicted molar refractivity (Wildman–Crippen MR) is 136 cm³/mol. The number of aromatic hydroxyl groups is 1. The van der Waals surface area contributed by atoms with Crippen LogP contribution in [0.3, 0.4) is 0 Å². The van der Waals surface area contributed by atoms with E-state index >= 15 is 0 Å². The van der Waals surface area contributed by atoms with Crippen LogP contribution in [0.2, 0.25) is 0 Å². The SMILES string of the molecule is CCOc1cc(C2/C(=C(/O)c3ccc(F)c(C)c3)C(=O)C(=O)N2c2ccc(N(C)C)cc2)ccc1O. The van der Waals surface area contributed by atoms with E-state index in [2.05, 4.69) is 0 Å². The smallest absolute Gasteiger partial charge is 0.300 e. The molecule has 1 saturated heterocycles. The molecule has 4 rings (SSSR count). The van der Waals surface area contributed by atoms with Gasteiger partial charge in [-0.2, -0.15) is 0 Å². The number of hydrogen-bond acceptors (Lipinski definition) is 6. The van der Waals surface area contributed by atoms with E-state index in [9.17, 15) is 24.2 Å². The zero-order valence-corrected chi connectivity index (χ0v) is 20.4. The van der Waals surface area contributed by atoms with Gasteiger partial charge in [-0.3, -0.25) is 14.5 Å². The summed E-state index contributed by atoms with van der Waals surface area (Å²) in [6, 6.07) is 14.6. The molecule has 3 aromatic carbocycles. The molecule has 186 valence electrons. The van der Waals surface area contributed by atoms with Gasteiger partial charge in [-0.1, -0.05) is 6.07 Å². The Morgan fingerprint density at radius 3 is 2.36 bits per heavy atom. The number of ether oxygens (including phenoxy) is 1. The van der Waals surface area contributed by atoms with Gasteiger partial charge in [-0.25, -0.2) is 4.39 Å². The van der Waals surface area contributed by atoms with Crippen molar-refractivity contribution in [1.29, 1.82) is 0 Å². The molecular formula is C28H27FN2O5. The van der Waals surface area contributed by atoms with E-state index in [0.717, 1.165) is 5.69 Å². The molecule has 1 fully saturated rings. The molecule has 0 aliphatic carbocycles. The van der Waals surface area contributed by atoms with Crippen molar-refractivity contribution in [1.82, 2.24) is 0 Å². The van der Waals surface area contributed by atoms with E-state index in [4.69, 9.17) is 4.74 Å². The van der Waals surface area contributed by atoms with Gasteiger partial charge >= 0.3 is 0 Å². The first kappa shape index (κ1) is 24.8. The lowest BCUT2D eigenvalue weighted by Crippen LogP contribution is -2.29. The average molecular weight is 491 g/mol. The number of hydrogen-bond donors (Lipinski definition) is 2. The third-order valence-electron chi connectivity index (χ3n) is 6.12. The first-order valence-electron chi connectivity index (χ1n) is 11.4. The van der Waals surface area contributed by atoms with Crippen LogP contribution < -0.4 is 14.5 Å². The molecule has 0 radical (unpaired) electrons. The molecule has 1 aliphatic rings. The van der Waals surface area contributed by atoms with Crippen molar-refractivity contribution in [2.45, 2.75) is 19.9 Å². The van der Waals surface area contributed by atoms with Crippen molar-refractivity contribution in [2.75, 3.05) is 30.5 Å². The highest BCUT2D eigenvalue weighted by molar-refractivity contribution is 6.51. The van der Waals surface area contributed by atoms with Gasteiger partial charge in [0.05, 0.1) is 18.2 Å². The minimum Gasteiger partial charge on any atom is -0.507 e. The second-order valence-electron chi connectivity index (χ2n) is 8.70. The summed E-state index contributed by atoms with van der Waals surface area (Å²) in [5.74, 6) is -2.47. The molecule has 1 atom stereocenters. The van der Waals surface area contributed by atoms with Crippen molar-refractivity contribution in [3.8, 4) is 11.5 Å². The van der Waals surface area contributed by atoms with Crippen LogP contribution in [0.5, 0.6) is 11.5 Å². The fourth-order valence-electron chi connectivity index (χ4n) is 4.25. The van der Waals surface area contributed by atoms with E-state index in [0.29, 0.717) is 11.3 Å². The maximum absolute atomic E-state index is 13.9.